The lowest BCUT2D eigenvalue weighted by Gasteiger charge is -2.08. The largest absolute Gasteiger partial charge is 0.497 e. The Morgan fingerprint density at radius 2 is 1.82 bits per heavy atom. The minimum Gasteiger partial charge on any atom is -0.497 e. The number of hydrogen-bond acceptors (Lipinski definition) is 10. The molecule has 0 aliphatic carbocycles. The molecule has 1 amide bonds. The number of nitrogens with one attached hydrogen (secondary N) is 1. The summed E-state index contributed by atoms with van der Waals surface area (Å²) in [7, 11) is 1.59. The zero-order valence-corrected chi connectivity index (χ0v) is 18.7. The molecule has 0 atom stereocenters. The first-order valence-corrected chi connectivity index (χ1v) is 10.3. The number of amides is 1. The number of ether oxygens (including phenoxy) is 2. The average molecular weight is 462 g/mol. The molecule has 34 heavy (non-hydrogen) atoms. The molecule has 0 saturated carbocycles. The molecule has 2 aromatic heterocycles. The van der Waals surface area contributed by atoms with Crippen LogP contribution in [0.3, 0.4) is 0 Å². The van der Waals surface area contributed by atoms with E-state index in [-0.39, 0.29) is 17.3 Å². The summed E-state index contributed by atoms with van der Waals surface area (Å²) in [5, 5.41) is 19.6. The summed E-state index contributed by atoms with van der Waals surface area (Å²) >= 11 is 0. The molecule has 174 valence electrons. The number of carbonyl (C=O) groups is 1. The van der Waals surface area contributed by atoms with Gasteiger partial charge in [0.05, 0.1) is 19.4 Å². The van der Waals surface area contributed by atoms with E-state index < -0.39 is 5.91 Å². The van der Waals surface area contributed by atoms with Crippen molar-refractivity contribution in [1.29, 1.82) is 0 Å². The Balaban J connectivity index is 1.67. The Morgan fingerprint density at radius 3 is 2.44 bits per heavy atom. The van der Waals surface area contributed by atoms with Gasteiger partial charge in [-0.1, -0.05) is 5.21 Å². The molecule has 0 aliphatic heterocycles. The zero-order chi connectivity index (χ0) is 24.1. The predicted octanol–water partition coefficient (Wildman–Crippen LogP) is 2.46. The molecule has 4 rings (SSSR count). The number of hydrogen-bond donors (Lipinski definition) is 2. The van der Waals surface area contributed by atoms with E-state index in [2.05, 4.69) is 31.2 Å². The van der Waals surface area contributed by atoms with Crippen molar-refractivity contribution in [3.05, 3.63) is 59.8 Å². The number of carbonyl (C=O) groups excluding carboxylic acids is 1. The average Bonchev–Trinajstić information content (AvgIpc) is 3.49. The summed E-state index contributed by atoms with van der Waals surface area (Å²) < 4.78 is 16.6. The highest BCUT2D eigenvalue weighted by Gasteiger charge is 2.25. The van der Waals surface area contributed by atoms with Gasteiger partial charge in [-0.3, -0.25) is 4.79 Å². The molecule has 0 aliphatic rings. The van der Waals surface area contributed by atoms with Gasteiger partial charge in [0, 0.05) is 5.56 Å². The van der Waals surface area contributed by atoms with Crippen LogP contribution in [0.2, 0.25) is 0 Å². The normalized spacial score (nSPS) is 11.3. The van der Waals surface area contributed by atoms with E-state index in [0.717, 1.165) is 11.3 Å². The van der Waals surface area contributed by atoms with E-state index in [9.17, 15) is 4.79 Å². The molecule has 0 fully saturated rings. The predicted molar refractivity (Wildman–Crippen MR) is 123 cm³/mol. The van der Waals surface area contributed by atoms with Gasteiger partial charge in [0.2, 0.25) is 11.6 Å². The van der Waals surface area contributed by atoms with Crippen molar-refractivity contribution in [2.24, 2.45) is 5.10 Å². The second kappa shape index (κ2) is 9.81. The number of methoxy groups -OCH3 is 1. The fourth-order valence-corrected chi connectivity index (χ4v) is 3.14. The quantitative estimate of drug-likeness (QED) is 0.297. The number of rotatable bonds is 8. The Labute approximate surface area is 194 Å². The Kier molecular flexibility index (Phi) is 6.48. The topological polar surface area (TPSA) is 156 Å². The van der Waals surface area contributed by atoms with Crippen LogP contribution < -0.4 is 20.6 Å². The van der Waals surface area contributed by atoms with Gasteiger partial charge in [-0.25, -0.2) is 10.1 Å². The van der Waals surface area contributed by atoms with E-state index in [1.807, 2.05) is 31.2 Å². The Hall–Kier alpha value is -4.74. The monoisotopic (exact) mass is 462 g/mol. The van der Waals surface area contributed by atoms with Gasteiger partial charge in [-0.05, 0) is 78.3 Å². The van der Waals surface area contributed by atoms with Crippen LogP contribution in [0.1, 0.15) is 29.9 Å². The van der Waals surface area contributed by atoms with Crippen molar-refractivity contribution in [3.8, 4) is 28.6 Å². The number of benzene rings is 2. The molecular formula is C22H22N8O4. The summed E-state index contributed by atoms with van der Waals surface area (Å²) in [6.07, 6.45) is 0. The van der Waals surface area contributed by atoms with Crippen molar-refractivity contribution in [1.82, 2.24) is 30.7 Å². The van der Waals surface area contributed by atoms with Crippen LogP contribution in [-0.2, 0) is 0 Å². The molecule has 0 spiro atoms. The molecule has 12 nitrogen and oxygen atoms in total. The molecule has 0 saturated heterocycles. The highest BCUT2D eigenvalue weighted by atomic mass is 16.6. The van der Waals surface area contributed by atoms with Crippen LogP contribution in [0.25, 0.3) is 17.1 Å². The minimum atomic E-state index is -0.571. The van der Waals surface area contributed by atoms with E-state index in [1.165, 1.54) is 4.68 Å². The maximum atomic E-state index is 13.0. The lowest BCUT2D eigenvalue weighted by molar-refractivity contribution is 0.0950. The minimum absolute atomic E-state index is 0.00239. The van der Waals surface area contributed by atoms with E-state index in [0.29, 0.717) is 29.3 Å². The third-order valence-electron chi connectivity index (χ3n) is 4.85. The summed E-state index contributed by atoms with van der Waals surface area (Å²) in [6, 6.07) is 14.4. The first-order valence-electron chi connectivity index (χ1n) is 10.3. The number of nitrogens with zero attached hydrogens (tertiary/aromatic N) is 6. The summed E-state index contributed by atoms with van der Waals surface area (Å²) in [5.74, 6) is 0.932. The summed E-state index contributed by atoms with van der Waals surface area (Å²) in [5.41, 5.74) is 10.8. The third kappa shape index (κ3) is 4.55. The van der Waals surface area contributed by atoms with Crippen molar-refractivity contribution in [3.63, 3.8) is 0 Å². The van der Waals surface area contributed by atoms with Crippen molar-refractivity contribution >= 4 is 17.4 Å². The van der Waals surface area contributed by atoms with Crippen LogP contribution in [0.15, 0.2) is 58.3 Å². The zero-order valence-electron chi connectivity index (χ0n) is 18.7. The fourth-order valence-electron chi connectivity index (χ4n) is 3.14. The maximum absolute atomic E-state index is 13.0. The van der Waals surface area contributed by atoms with Gasteiger partial charge in [-0.15, -0.1) is 5.10 Å². The van der Waals surface area contributed by atoms with Crippen LogP contribution in [0.4, 0.5) is 5.82 Å². The second-order valence-electron chi connectivity index (χ2n) is 7.00. The first kappa shape index (κ1) is 22.5. The maximum Gasteiger partial charge on any atom is 0.294 e. The van der Waals surface area contributed by atoms with E-state index in [4.69, 9.17) is 19.8 Å². The van der Waals surface area contributed by atoms with E-state index >= 15 is 0 Å². The molecule has 12 heteroatoms. The molecule has 0 unspecified atom stereocenters. The number of nitrogen functional groups attached to an aromatic ring is 1. The van der Waals surface area contributed by atoms with E-state index in [1.54, 1.807) is 38.3 Å². The molecule has 3 N–H and O–H groups in total. The second-order valence-corrected chi connectivity index (χ2v) is 7.00. The highest BCUT2D eigenvalue weighted by Crippen LogP contribution is 2.28. The molecule has 0 bridgehead atoms. The molecule has 2 aromatic carbocycles. The number of aromatic nitrogens is 5. The standard InChI is InChI=1S/C22H22N8O4/c1-4-33-17-11-7-15(8-12-17)19-18(25-29-30(19)21-20(23)27-34-28-21)22(31)26-24-13(2)14-5-9-16(32-3)10-6-14/h5-12H,4H2,1-3H3,(H2,23,27)(H,26,31)/b24-13-. The smallest absolute Gasteiger partial charge is 0.294 e. The van der Waals surface area contributed by atoms with Gasteiger partial charge in [0.25, 0.3) is 5.91 Å². The van der Waals surface area contributed by atoms with Gasteiger partial charge in [0.15, 0.2) is 5.69 Å². The molecule has 4 aromatic rings. The molecule has 2 heterocycles. The van der Waals surface area contributed by atoms with Crippen molar-refractivity contribution < 1.29 is 18.9 Å². The van der Waals surface area contributed by atoms with Crippen LogP contribution in [0.5, 0.6) is 11.5 Å². The summed E-state index contributed by atoms with van der Waals surface area (Å²) in [6.45, 7) is 4.19. The van der Waals surface area contributed by atoms with Gasteiger partial charge < -0.3 is 15.2 Å². The SMILES string of the molecule is CCOc1ccc(-c2c(C(=O)N/N=C(/C)c3ccc(OC)cc3)nnn2-c2nonc2N)cc1. The Morgan fingerprint density at radius 1 is 1.12 bits per heavy atom. The lowest BCUT2D eigenvalue weighted by Crippen LogP contribution is -2.21. The van der Waals surface area contributed by atoms with Gasteiger partial charge in [-0.2, -0.15) is 9.78 Å². The molecule has 0 radical (unpaired) electrons. The van der Waals surface area contributed by atoms with Crippen molar-refractivity contribution in [2.75, 3.05) is 19.5 Å². The number of anilines is 1. The van der Waals surface area contributed by atoms with Gasteiger partial charge in [0.1, 0.15) is 17.2 Å². The van der Waals surface area contributed by atoms with Gasteiger partial charge >= 0.3 is 0 Å². The number of nitrogens with two attached hydrogens (primary N) is 1. The third-order valence-corrected chi connectivity index (χ3v) is 4.85. The molecular weight excluding hydrogens is 440 g/mol. The first-order chi connectivity index (χ1) is 16.5. The lowest BCUT2D eigenvalue weighted by atomic mass is 10.1. The van der Waals surface area contributed by atoms with Crippen LogP contribution in [-0.4, -0.2) is 50.6 Å². The number of hydrazone groups is 1. The highest BCUT2D eigenvalue weighted by molar-refractivity contribution is 6.02. The Bertz CT molecular complexity index is 1310. The summed E-state index contributed by atoms with van der Waals surface area (Å²) in [4.78, 5) is 13.0. The van der Waals surface area contributed by atoms with Crippen molar-refractivity contribution in [2.45, 2.75) is 13.8 Å². The van der Waals surface area contributed by atoms with Crippen LogP contribution in [0, 0.1) is 0 Å². The van der Waals surface area contributed by atoms with Crippen LogP contribution >= 0.6 is 0 Å². The fraction of sp³-hybridized carbons (Fsp3) is 0.182.